The third-order valence-electron chi connectivity index (χ3n) is 4.56. The van der Waals surface area contributed by atoms with Crippen molar-refractivity contribution in [3.05, 3.63) is 98.6 Å². The number of ether oxygens (including phenoxy) is 1. The second-order valence-corrected chi connectivity index (χ2v) is 7.59. The molecule has 0 amide bonds. The molecule has 0 unspecified atom stereocenters. The fraction of sp³-hybridized carbons (Fsp3) is 0.0833. The van der Waals surface area contributed by atoms with Gasteiger partial charge >= 0.3 is 0 Å². The fourth-order valence-electron chi connectivity index (χ4n) is 3.05. The molecule has 0 saturated heterocycles. The topological polar surface area (TPSA) is 56.5 Å². The molecular formula is C24H17BrO4. The van der Waals surface area contributed by atoms with Crippen LogP contribution in [0.2, 0.25) is 0 Å². The van der Waals surface area contributed by atoms with E-state index in [2.05, 4.69) is 15.9 Å². The van der Waals surface area contributed by atoms with Crippen molar-refractivity contribution in [3.8, 4) is 17.1 Å². The largest absolute Gasteiger partial charge is 0.478 e. The summed E-state index contributed by atoms with van der Waals surface area (Å²) in [6.45, 7) is 1.67. The Morgan fingerprint density at radius 1 is 1.00 bits per heavy atom. The summed E-state index contributed by atoms with van der Waals surface area (Å²) in [5.41, 5.74) is 2.39. The van der Waals surface area contributed by atoms with Crippen LogP contribution in [0.15, 0.2) is 86.5 Å². The van der Waals surface area contributed by atoms with Crippen LogP contribution < -0.4 is 10.2 Å². The number of hydrogen-bond acceptors (Lipinski definition) is 4. The first kappa shape index (κ1) is 19.2. The van der Waals surface area contributed by atoms with Gasteiger partial charge in [0, 0.05) is 15.6 Å². The second kappa shape index (κ2) is 8.05. The van der Waals surface area contributed by atoms with E-state index < -0.39 is 0 Å². The highest BCUT2D eigenvalue weighted by molar-refractivity contribution is 9.10. The number of carbonyl (C=O) groups is 1. The summed E-state index contributed by atoms with van der Waals surface area (Å²) in [4.78, 5) is 25.6. The van der Waals surface area contributed by atoms with E-state index in [-0.39, 0.29) is 23.6 Å². The molecule has 4 aromatic rings. The highest BCUT2D eigenvalue weighted by Gasteiger charge is 2.19. The Morgan fingerprint density at radius 3 is 2.45 bits per heavy atom. The van der Waals surface area contributed by atoms with Crippen molar-refractivity contribution >= 4 is 32.7 Å². The lowest BCUT2D eigenvalue weighted by Crippen LogP contribution is -2.17. The summed E-state index contributed by atoms with van der Waals surface area (Å²) in [6.07, 6.45) is 0. The van der Waals surface area contributed by atoms with Crippen molar-refractivity contribution in [2.24, 2.45) is 0 Å². The van der Waals surface area contributed by atoms with Crippen molar-refractivity contribution in [2.45, 2.75) is 6.92 Å². The number of hydrogen-bond donors (Lipinski definition) is 0. The van der Waals surface area contributed by atoms with E-state index in [1.54, 1.807) is 30.3 Å². The molecule has 4 rings (SSSR count). The molecule has 0 spiro atoms. The minimum Gasteiger partial charge on any atom is -0.478 e. The van der Waals surface area contributed by atoms with E-state index in [4.69, 9.17) is 9.15 Å². The van der Waals surface area contributed by atoms with Crippen LogP contribution >= 0.6 is 15.9 Å². The maximum absolute atomic E-state index is 13.1. The van der Waals surface area contributed by atoms with Crippen LogP contribution in [0.5, 0.6) is 5.75 Å². The summed E-state index contributed by atoms with van der Waals surface area (Å²) in [5, 5.41) is 0.418. The van der Waals surface area contributed by atoms with E-state index in [0.717, 1.165) is 10.0 Å². The lowest BCUT2D eigenvalue weighted by molar-refractivity contribution is 0.0920. The molecule has 0 aliphatic carbocycles. The highest BCUT2D eigenvalue weighted by Crippen LogP contribution is 2.31. The molecule has 0 fully saturated rings. The van der Waals surface area contributed by atoms with Crippen molar-refractivity contribution in [3.63, 3.8) is 0 Å². The van der Waals surface area contributed by atoms with Gasteiger partial charge in [0.15, 0.2) is 18.2 Å². The van der Waals surface area contributed by atoms with Gasteiger partial charge in [-0.25, -0.2) is 0 Å². The molecule has 4 nitrogen and oxygen atoms in total. The first-order chi connectivity index (χ1) is 14.0. The number of rotatable bonds is 5. The van der Waals surface area contributed by atoms with Gasteiger partial charge in [0.1, 0.15) is 5.58 Å². The molecule has 5 heteroatoms. The first-order valence-electron chi connectivity index (χ1n) is 9.07. The molecule has 0 aliphatic heterocycles. The minimum absolute atomic E-state index is 0.0398. The van der Waals surface area contributed by atoms with Crippen molar-refractivity contribution < 1.29 is 13.9 Å². The number of ketones is 1. The molecule has 1 aromatic heterocycles. The lowest BCUT2D eigenvalue weighted by Gasteiger charge is -2.12. The van der Waals surface area contributed by atoms with Gasteiger partial charge in [0.25, 0.3) is 0 Å². The summed E-state index contributed by atoms with van der Waals surface area (Å²) < 4.78 is 12.7. The van der Waals surface area contributed by atoms with Crippen LogP contribution in [0.3, 0.4) is 0 Å². The zero-order valence-electron chi connectivity index (χ0n) is 15.6. The maximum atomic E-state index is 13.1. The van der Waals surface area contributed by atoms with E-state index >= 15 is 0 Å². The molecule has 0 N–H and O–H groups in total. The Balaban J connectivity index is 1.76. The predicted octanol–water partition coefficient (Wildman–Crippen LogP) is 5.79. The molecule has 0 radical (unpaired) electrons. The number of halogens is 1. The third kappa shape index (κ3) is 4.00. The van der Waals surface area contributed by atoms with E-state index in [9.17, 15) is 9.59 Å². The third-order valence-corrected chi connectivity index (χ3v) is 5.08. The van der Waals surface area contributed by atoms with Crippen molar-refractivity contribution in [1.29, 1.82) is 0 Å². The Kier molecular flexibility index (Phi) is 5.32. The fourth-order valence-corrected chi connectivity index (χ4v) is 3.32. The molecule has 0 saturated carbocycles. The van der Waals surface area contributed by atoms with Crippen molar-refractivity contribution in [1.82, 2.24) is 0 Å². The monoisotopic (exact) mass is 448 g/mol. The zero-order chi connectivity index (χ0) is 20.4. The molecular weight excluding hydrogens is 432 g/mol. The molecule has 0 aliphatic rings. The van der Waals surface area contributed by atoms with Crippen molar-refractivity contribution in [2.75, 3.05) is 6.61 Å². The van der Waals surface area contributed by atoms with Gasteiger partial charge in [0.05, 0.1) is 5.39 Å². The molecule has 0 bridgehead atoms. The van der Waals surface area contributed by atoms with Crippen LogP contribution in [0.25, 0.3) is 22.3 Å². The predicted molar refractivity (Wildman–Crippen MR) is 117 cm³/mol. The standard InChI is InChI=1S/C24H17BrO4/c1-15-7-12-19-21(13-15)29-23(17-5-3-2-4-6-17)24(22(19)27)28-14-20(26)16-8-10-18(25)11-9-16/h2-13H,14H2,1H3. The van der Waals surface area contributed by atoms with Gasteiger partial charge in [-0.05, 0) is 36.8 Å². The van der Waals surface area contributed by atoms with Crippen LogP contribution in [0.4, 0.5) is 0 Å². The minimum atomic E-state index is -0.297. The Labute approximate surface area is 175 Å². The van der Waals surface area contributed by atoms with Crippen LogP contribution in [0, 0.1) is 6.92 Å². The zero-order valence-corrected chi connectivity index (χ0v) is 17.2. The maximum Gasteiger partial charge on any atom is 0.235 e. The lowest BCUT2D eigenvalue weighted by atomic mass is 10.1. The number of aryl methyl sites for hydroxylation is 1. The quantitative estimate of drug-likeness (QED) is 0.362. The van der Waals surface area contributed by atoms with Gasteiger partial charge in [-0.2, -0.15) is 0 Å². The number of Topliss-reactive ketones (excluding diaryl/α,β-unsaturated/α-hetero) is 1. The van der Waals surface area contributed by atoms with Crippen LogP contribution in [-0.2, 0) is 0 Å². The second-order valence-electron chi connectivity index (χ2n) is 6.67. The number of carbonyl (C=O) groups excluding carboxylic acids is 1. The summed E-state index contributed by atoms with van der Waals surface area (Å²) in [7, 11) is 0. The van der Waals surface area contributed by atoms with Gasteiger partial charge in [0.2, 0.25) is 11.2 Å². The Morgan fingerprint density at radius 2 is 1.72 bits per heavy atom. The number of fused-ring (bicyclic) bond motifs is 1. The molecule has 29 heavy (non-hydrogen) atoms. The summed E-state index contributed by atoms with van der Waals surface area (Å²) in [5.74, 6) is 0.134. The summed E-state index contributed by atoms with van der Waals surface area (Å²) in [6, 6.07) is 21.6. The Bertz CT molecular complexity index is 1240. The van der Waals surface area contributed by atoms with Gasteiger partial charge < -0.3 is 9.15 Å². The number of benzene rings is 3. The molecule has 3 aromatic carbocycles. The van der Waals surface area contributed by atoms with Gasteiger partial charge in [-0.15, -0.1) is 0 Å². The van der Waals surface area contributed by atoms with E-state index in [0.29, 0.717) is 27.9 Å². The molecule has 144 valence electrons. The highest BCUT2D eigenvalue weighted by atomic mass is 79.9. The Hall–Kier alpha value is -3.18. The average Bonchev–Trinajstić information content (AvgIpc) is 2.73. The van der Waals surface area contributed by atoms with E-state index in [1.165, 1.54) is 0 Å². The molecule has 0 atom stereocenters. The average molecular weight is 449 g/mol. The SMILES string of the molecule is Cc1ccc2c(=O)c(OCC(=O)c3ccc(Br)cc3)c(-c3ccccc3)oc2c1. The van der Waals surface area contributed by atoms with Crippen LogP contribution in [-0.4, -0.2) is 12.4 Å². The summed E-state index contributed by atoms with van der Waals surface area (Å²) >= 11 is 3.35. The van der Waals surface area contributed by atoms with Gasteiger partial charge in [-0.3, -0.25) is 9.59 Å². The van der Waals surface area contributed by atoms with E-state index in [1.807, 2.05) is 49.4 Å². The normalized spacial score (nSPS) is 10.8. The molecule has 1 heterocycles. The van der Waals surface area contributed by atoms with Crippen LogP contribution in [0.1, 0.15) is 15.9 Å². The first-order valence-corrected chi connectivity index (χ1v) is 9.86. The van der Waals surface area contributed by atoms with Gasteiger partial charge in [-0.1, -0.05) is 64.5 Å². The smallest absolute Gasteiger partial charge is 0.235 e.